The molecule has 1 saturated heterocycles. The van der Waals surface area contributed by atoms with Gasteiger partial charge in [0.05, 0.1) is 0 Å². The molecule has 1 aliphatic rings. The molecule has 1 aliphatic heterocycles. The van der Waals surface area contributed by atoms with Gasteiger partial charge in [0.2, 0.25) is 0 Å². The van der Waals surface area contributed by atoms with Gasteiger partial charge in [-0.2, -0.15) is 0 Å². The minimum atomic E-state index is -0.121. The lowest BCUT2D eigenvalue weighted by Gasteiger charge is -2.35. The van der Waals surface area contributed by atoms with Crippen LogP contribution in [0.25, 0.3) is 0 Å². The number of halogens is 2. The molecule has 0 unspecified atom stereocenters. The van der Waals surface area contributed by atoms with Crippen molar-refractivity contribution in [2.45, 2.75) is 32.2 Å². The molecule has 0 bridgehead atoms. The molecule has 108 valence electrons. The summed E-state index contributed by atoms with van der Waals surface area (Å²) in [6.45, 7) is 6.41. The maximum Gasteiger partial charge on any atom is 0.123 e. The first-order chi connectivity index (χ1) is 8.81. The van der Waals surface area contributed by atoms with Crippen molar-refractivity contribution < 1.29 is 4.39 Å². The standard InChI is InChI=1S/C15H23FN2.ClH/c1-2-3-7-15(18-10-8-17-9-11-18)13-5-4-6-14(16)12-13;/h4-6,12,15,17H,2-3,7-11H2,1H3;1H/t15-;/m1./s1. The lowest BCUT2D eigenvalue weighted by Crippen LogP contribution is -2.45. The van der Waals surface area contributed by atoms with Crippen molar-refractivity contribution >= 4 is 12.4 Å². The number of nitrogens with zero attached hydrogens (tertiary/aromatic N) is 1. The Morgan fingerprint density at radius 1 is 1.32 bits per heavy atom. The van der Waals surface area contributed by atoms with Crippen molar-refractivity contribution in [2.24, 2.45) is 0 Å². The smallest absolute Gasteiger partial charge is 0.123 e. The van der Waals surface area contributed by atoms with Crippen LogP contribution in [0.5, 0.6) is 0 Å². The quantitative estimate of drug-likeness (QED) is 0.893. The first-order valence-corrected chi connectivity index (χ1v) is 7.01. The van der Waals surface area contributed by atoms with Crippen LogP contribution in [0.4, 0.5) is 4.39 Å². The molecule has 2 rings (SSSR count). The molecule has 0 aliphatic carbocycles. The van der Waals surface area contributed by atoms with Crippen LogP contribution in [0, 0.1) is 5.82 Å². The van der Waals surface area contributed by atoms with Crippen molar-refractivity contribution in [3.05, 3.63) is 35.6 Å². The van der Waals surface area contributed by atoms with Gasteiger partial charge in [0.25, 0.3) is 0 Å². The highest BCUT2D eigenvalue weighted by Crippen LogP contribution is 2.27. The fraction of sp³-hybridized carbons (Fsp3) is 0.600. The van der Waals surface area contributed by atoms with Gasteiger partial charge in [-0.15, -0.1) is 12.4 Å². The van der Waals surface area contributed by atoms with Crippen LogP contribution in [0.1, 0.15) is 37.8 Å². The summed E-state index contributed by atoms with van der Waals surface area (Å²) in [5.41, 5.74) is 1.13. The monoisotopic (exact) mass is 286 g/mol. The van der Waals surface area contributed by atoms with Crippen LogP contribution in [0.15, 0.2) is 24.3 Å². The van der Waals surface area contributed by atoms with Gasteiger partial charge < -0.3 is 5.32 Å². The second-order valence-corrected chi connectivity index (χ2v) is 5.00. The van der Waals surface area contributed by atoms with Crippen molar-refractivity contribution in [1.82, 2.24) is 10.2 Å². The van der Waals surface area contributed by atoms with E-state index in [1.54, 1.807) is 6.07 Å². The summed E-state index contributed by atoms with van der Waals surface area (Å²) in [4.78, 5) is 2.49. The molecule has 1 atom stereocenters. The van der Waals surface area contributed by atoms with Crippen LogP contribution in [0.2, 0.25) is 0 Å². The molecular weight excluding hydrogens is 263 g/mol. The van der Waals surface area contributed by atoms with Crippen molar-refractivity contribution in [1.29, 1.82) is 0 Å². The van der Waals surface area contributed by atoms with Crippen molar-refractivity contribution in [2.75, 3.05) is 26.2 Å². The fourth-order valence-electron chi connectivity index (χ4n) is 2.67. The topological polar surface area (TPSA) is 15.3 Å². The molecule has 2 nitrogen and oxygen atoms in total. The Morgan fingerprint density at radius 3 is 2.68 bits per heavy atom. The molecular formula is C15H24ClFN2. The maximum absolute atomic E-state index is 13.4. The number of hydrogen-bond donors (Lipinski definition) is 1. The second-order valence-electron chi connectivity index (χ2n) is 5.00. The molecule has 0 saturated carbocycles. The van der Waals surface area contributed by atoms with Gasteiger partial charge in [0.1, 0.15) is 5.82 Å². The number of benzene rings is 1. The van der Waals surface area contributed by atoms with E-state index in [0.717, 1.165) is 38.2 Å². The number of rotatable bonds is 5. The van der Waals surface area contributed by atoms with E-state index >= 15 is 0 Å². The molecule has 4 heteroatoms. The molecule has 0 amide bonds. The van der Waals surface area contributed by atoms with Gasteiger partial charge in [-0.05, 0) is 24.1 Å². The van der Waals surface area contributed by atoms with Crippen molar-refractivity contribution in [3.8, 4) is 0 Å². The summed E-state index contributed by atoms with van der Waals surface area (Å²) < 4.78 is 13.4. The fourth-order valence-corrected chi connectivity index (χ4v) is 2.67. The summed E-state index contributed by atoms with van der Waals surface area (Å²) in [6, 6.07) is 7.49. The van der Waals surface area contributed by atoms with Crippen LogP contribution in [0.3, 0.4) is 0 Å². The second kappa shape index (κ2) is 8.51. The Morgan fingerprint density at radius 2 is 2.05 bits per heavy atom. The summed E-state index contributed by atoms with van der Waals surface area (Å²) in [6.07, 6.45) is 3.52. The highest BCUT2D eigenvalue weighted by Gasteiger charge is 2.21. The Balaban J connectivity index is 0.00000180. The van der Waals surface area contributed by atoms with Gasteiger partial charge in [0.15, 0.2) is 0 Å². The largest absolute Gasteiger partial charge is 0.314 e. The Labute approximate surface area is 121 Å². The summed E-state index contributed by atoms with van der Waals surface area (Å²) in [5, 5.41) is 3.37. The number of piperazine rings is 1. The first kappa shape index (κ1) is 16.4. The number of unbranched alkanes of at least 4 members (excludes halogenated alkanes) is 1. The highest BCUT2D eigenvalue weighted by atomic mass is 35.5. The average Bonchev–Trinajstić information content (AvgIpc) is 2.40. The molecule has 1 aromatic rings. The number of hydrogen-bond acceptors (Lipinski definition) is 2. The van der Waals surface area contributed by atoms with E-state index < -0.39 is 0 Å². The molecule has 0 aromatic heterocycles. The van der Waals surface area contributed by atoms with E-state index in [0.29, 0.717) is 6.04 Å². The zero-order valence-electron chi connectivity index (χ0n) is 11.6. The minimum absolute atomic E-state index is 0. The average molecular weight is 287 g/mol. The zero-order valence-corrected chi connectivity index (χ0v) is 12.4. The normalized spacial score (nSPS) is 17.8. The Hall–Kier alpha value is -0.640. The third kappa shape index (κ3) is 4.75. The predicted octanol–water partition coefficient (Wildman–Crippen LogP) is 3.38. The molecule has 1 N–H and O–H groups in total. The summed E-state index contributed by atoms with van der Waals surface area (Å²) >= 11 is 0. The van der Waals surface area contributed by atoms with E-state index in [1.165, 1.54) is 18.9 Å². The molecule has 0 spiro atoms. The lowest BCUT2D eigenvalue weighted by molar-refractivity contribution is 0.163. The highest BCUT2D eigenvalue weighted by molar-refractivity contribution is 5.85. The van der Waals surface area contributed by atoms with E-state index in [4.69, 9.17) is 0 Å². The number of nitrogens with one attached hydrogen (secondary N) is 1. The van der Waals surface area contributed by atoms with E-state index in [-0.39, 0.29) is 18.2 Å². The van der Waals surface area contributed by atoms with Gasteiger partial charge in [0, 0.05) is 32.2 Å². The first-order valence-electron chi connectivity index (χ1n) is 7.01. The molecule has 1 heterocycles. The predicted molar refractivity (Wildman–Crippen MR) is 80.4 cm³/mol. The van der Waals surface area contributed by atoms with Crippen LogP contribution >= 0.6 is 12.4 Å². The SMILES string of the molecule is CCCC[C@H](c1cccc(F)c1)N1CCNCC1.Cl. The Kier molecular flexibility index (Phi) is 7.36. The van der Waals surface area contributed by atoms with E-state index in [9.17, 15) is 4.39 Å². The van der Waals surface area contributed by atoms with E-state index in [2.05, 4.69) is 23.2 Å². The maximum atomic E-state index is 13.4. The van der Waals surface area contributed by atoms with Gasteiger partial charge in [-0.25, -0.2) is 4.39 Å². The summed E-state index contributed by atoms with van der Waals surface area (Å²) in [7, 11) is 0. The van der Waals surface area contributed by atoms with Crippen LogP contribution < -0.4 is 5.32 Å². The van der Waals surface area contributed by atoms with Gasteiger partial charge >= 0.3 is 0 Å². The summed E-state index contributed by atoms with van der Waals surface area (Å²) in [5.74, 6) is -0.121. The third-order valence-electron chi connectivity index (χ3n) is 3.66. The third-order valence-corrected chi connectivity index (χ3v) is 3.66. The lowest BCUT2D eigenvalue weighted by atomic mass is 9.98. The zero-order chi connectivity index (χ0) is 12.8. The van der Waals surface area contributed by atoms with Gasteiger partial charge in [-0.3, -0.25) is 4.90 Å². The van der Waals surface area contributed by atoms with Crippen LogP contribution in [-0.2, 0) is 0 Å². The minimum Gasteiger partial charge on any atom is -0.314 e. The Bertz CT molecular complexity index is 367. The van der Waals surface area contributed by atoms with Crippen molar-refractivity contribution in [3.63, 3.8) is 0 Å². The molecule has 0 radical (unpaired) electrons. The molecule has 1 aromatic carbocycles. The molecule has 19 heavy (non-hydrogen) atoms. The van der Waals surface area contributed by atoms with Gasteiger partial charge in [-0.1, -0.05) is 31.9 Å². The molecule has 1 fully saturated rings. The van der Waals surface area contributed by atoms with E-state index in [1.807, 2.05) is 6.07 Å². The van der Waals surface area contributed by atoms with Crippen LogP contribution in [-0.4, -0.2) is 31.1 Å².